The molecule has 9 aliphatic rings. The van der Waals surface area contributed by atoms with Crippen molar-refractivity contribution in [1.82, 2.24) is 0 Å². The maximum atomic E-state index is 11.9. The van der Waals surface area contributed by atoms with Crippen molar-refractivity contribution in [3.63, 3.8) is 0 Å². The predicted octanol–water partition coefficient (Wildman–Crippen LogP) is 3.69. The van der Waals surface area contributed by atoms with Gasteiger partial charge in [-0.3, -0.25) is 9.59 Å². The van der Waals surface area contributed by atoms with Gasteiger partial charge in [0.25, 0.3) is 0 Å². The van der Waals surface area contributed by atoms with Crippen LogP contribution in [0.2, 0.25) is 0 Å². The lowest BCUT2D eigenvalue weighted by Crippen LogP contribution is -2.59. The second-order valence-corrected chi connectivity index (χ2v) is 17.1. The zero-order valence-electron chi connectivity index (χ0n) is 34.8. The summed E-state index contributed by atoms with van der Waals surface area (Å²) in [6.07, 6.45) is 1.99. The summed E-state index contributed by atoms with van der Waals surface area (Å²) in [5, 5.41) is 0. The molecule has 0 bridgehead atoms. The third-order valence-corrected chi connectivity index (χ3v) is 12.6. The Morgan fingerprint density at radius 1 is 0.525 bits per heavy atom. The molecular formula is C41H66O18. The molecule has 8 fully saturated rings. The van der Waals surface area contributed by atoms with Crippen molar-refractivity contribution in [2.45, 2.75) is 178 Å². The van der Waals surface area contributed by atoms with E-state index in [-0.39, 0.29) is 75.3 Å². The Morgan fingerprint density at radius 3 is 1.20 bits per heavy atom. The van der Waals surface area contributed by atoms with Crippen LogP contribution in [0.25, 0.3) is 0 Å². The molecule has 14 atom stereocenters. The van der Waals surface area contributed by atoms with Crippen LogP contribution < -0.4 is 0 Å². The molecule has 338 valence electrons. The Kier molecular flexibility index (Phi) is 13.5. The van der Waals surface area contributed by atoms with Gasteiger partial charge >= 0.3 is 17.9 Å². The van der Waals surface area contributed by atoms with E-state index in [4.69, 9.17) is 71.1 Å². The largest absolute Gasteiger partial charge is 0.469 e. The fourth-order valence-corrected chi connectivity index (χ4v) is 9.85. The summed E-state index contributed by atoms with van der Waals surface area (Å²) < 4.78 is 83.6. The molecule has 0 radical (unpaired) electrons. The normalized spacial score (nSPS) is 44.0. The first-order chi connectivity index (χ1) is 26.8. The van der Waals surface area contributed by atoms with Crippen molar-refractivity contribution in [1.29, 1.82) is 0 Å². The Morgan fingerprint density at radius 2 is 0.898 bits per heavy atom. The van der Waals surface area contributed by atoms with Gasteiger partial charge in [-0.15, -0.1) is 0 Å². The number of hydrogen-bond acceptors (Lipinski definition) is 18. The van der Waals surface area contributed by atoms with Crippen molar-refractivity contribution >= 4 is 17.9 Å². The van der Waals surface area contributed by atoms with Gasteiger partial charge in [0.1, 0.15) is 53.4 Å². The van der Waals surface area contributed by atoms with E-state index in [2.05, 4.69) is 0 Å². The standard InChI is InChI=1S/2C13H20O6.C13H18O6.2CH4/c3*1-12(2)17-8-9(18-12)13(19-11(8)16-4)6-5-7(13)10(14)15-3;;/h2*7-9,11H,5-6H2,1-4H3;5,8-9,11H,6H2,1-4H3;2*1H4/t7-,8?,9+,11+,13+;7-,8?,9-,11-,13-;8?,9-,11-,13-;;/m011../s1. The molecule has 3 aliphatic carbocycles. The number of hydrogen-bond donors (Lipinski definition) is 0. The fourth-order valence-electron chi connectivity index (χ4n) is 9.85. The highest BCUT2D eigenvalue weighted by Gasteiger charge is 2.72. The molecule has 0 aromatic heterocycles. The smallest absolute Gasteiger partial charge is 0.336 e. The van der Waals surface area contributed by atoms with Crippen molar-refractivity contribution in [2.75, 3.05) is 42.7 Å². The molecule has 6 saturated heterocycles. The molecule has 18 heteroatoms. The van der Waals surface area contributed by atoms with Gasteiger partial charge in [-0.25, -0.2) is 4.79 Å². The lowest BCUT2D eigenvalue weighted by molar-refractivity contribution is -0.279. The summed E-state index contributed by atoms with van der Waals surface area (Å²) in [4.78, 5) is 35.5. The Balaban J connectivity index is 0.000000165. The zero-order chi connectivity index (χ0) is 41.5. The number of carbonyl (C=O) groups excluding carboxylic acids is 3. The minimum absolute atomic E-state index is 0. The van der Waals surface area contributed by atoms with E-state index in [1.165, 1.54) is 21.3 Å². The molecule has 0 amide bonds. The van der Waals surface area contributed by atoms with Gasteiger partial charge in [0.2, 0.25) is 0 Å². The second kappa shape index (κ2) is 16.7. The van der Waals surface area contributed by atoms with Crippen LogP contribution in [0.4, 0.5) is 0 Å². The molecule has 3 unspecified atom stereocenters. The molecule has 0 N–H and O–H groups in total. The number of methoxy groups -OCH3 is 6. The monoisotopic (exact) mass is 846 g/mol. The van der Waals surface area contributed by atoms with E-state index in [0.717, 1.165) is 25.7 Å². The molecule has 6 aliphatic heterocycles. The van der Waals surface area contributed by atoms with Crippen LogP contribution in [0.3, 0.4) is 0 Å². The Bertz CT molecular complexity index is 1520. The maximum Gasteiger partial charge on any atom is 0.336 e. The fraction of sp³-hybridized carbons (Fsp3) is 0.878. The van der Waals surface area contributed by atoms with Gasteiger partial charge in [0.05, 0.1) is 38.7 Å². The summed E-state index contributed by atoms with van der Waals surface area (Å²) >= 11 is 0. The third kappa shape index (κ3) is 7.66. The number of ether oxygens (including phenoxy) is 15. The van der Waals surface area contributed by atoms with E-state index in [1.807, 2.05) is 41.5 Å². The molecule has 0 aromatic carbocycles. The van der Waals surface area contributed by atoms with E-state index >= 15 is 0 Å². The number of fused-ring (bicyclic) bond motifs is 6. The van der Waals surface area contributed by atoms with E-state index in [9.17, 15) is 14.4 Å². The highest BCUT2D eigenvalue weighted by atomic mass is 16.8. The van der Waals surface area contributed by atoms with Crippen molar-refractivity contribution in [3.05, 3.63) is 11.6 Å². The molecule has 9 rings (SSSR count). The quantitative estimate of drug-likeness (QED) is 0.278. The lowest BCUT2D eigenvalue weighted by Gasteiger charge is -2.47. The highest BCUT2D eigenvalue weighted by molar-refractivity contribution is 5.93. The van der Waals surface area contributed by atoms with Crippen LogP contribution in [0.15, 0.2) is 11.6 Å². The van der Waals surface area contributed by atoms with Crippen LogP contribution in [0, 0.1) is 11.8 Å². The van der Waals surface area contributed by atoms with Gasteiger partial charge in [0, 0.05) is 27.8 Å². The van der Waals surface area contributed by atoms with Crippen molar-refractivity contribution in [2.24, 2.45) is 11.8 Å². The van der Waals surface area contributed by atoms with Crippen LogP contribution in [-0.4, -0.2) is 150 Å². The first-order valence-electron chi connectivity index (χ1n) is 19.4. The van der Waals surface area contributed by atoms with E-state index < -0.39 is 59.0 Å². The highest BCUT2D eigenvalue weighted by Crippen LogP contribution is 2.58. The van der Waals surface area contributed by atoms with Crippen molar-refractivity contribution in [3.8, 4) is 0 Å². The molecule has 59 heavy (non-hydrogen) atoms. The number of carbonyl (C=O) groups is 3. The van der Waals surface area contributed by atoms with E-state index in [0.29, 0.717) is 12.0 Å². The Hall–Kier alpha value is -2.33. The number of esters is 3. The minimum Gasteiger partial charge on any atom is -0.469 e. The number of rotatable bonds is 6. The Labute approximate surface area is 347 Å². The first-order valence-corrected chi connectivity index (χ1v) is 19.4. The molecule has 18 nitrogen and oxygen atoms in total. The molecular weight excluding hydrogens is 780 g/mol. The minimum atomic E-state index is -0.799. The zero-order valence-corrected chi connectivity index (χ0v) is 34.8. The summed E-state index contributed by atoms with van der Waals surface area (Å²) in [7, 11) is 8.83. The molecule has 2 saturated carbocycles. The van der Waals surface area contributed by atoms with Gasteiger partial charge in [-0.1, -0.05) is 20.9 Å². The summed E-state index contributed by atoms with van der Waals surface area (Å²) in [5.74, 6) is -3.58. The van der Waals surface area contributed by atoms with Crippen LogP contribution >= 0.6 is 0 Å². The summed E-state index contributed by atoms with van der Waals surface area (Å²) in [5.41, 5.74) is -1.63. The first kappa shape index (κ1) is 47.7. The van der Waals surface area contributed by atoms with Gasteiger partial charge in [-0.05, 0) is 67.2 Å². The van der Waals surface area contributed by atoms with Gasteiger partial charge in [0.15, 0.2) is 36.2 Å². The average Bonchev–Trinajstić information content (AvgIpc) is 3.94. The molecule has 3 spiro atoms. The van der Waals surface area contributed by atoms with Gasteiger partial charge < -0.3 is 71.1 Å². The molecule has 6 heterocycles. The van der Waals surface area contributed by atoms with Crippen LogP contribution in [0.5, 0.6) is 0 Å². The van der Waals surface area contributed by atoms with Crippen LogP contribution in [-0.2, 0) is 85.4 Å². The second-order valence-electron chi connectivity index (χ2n) is 17.1. The molecule has 0 aromatic rings. The topological polar surface area (TPSA) is 190 Å². The lowest BCUT2D eigenvalue weighted by atomic mass is 9.66. The third-order valence-electron chi connectivity index (χ3n) is 12.6. The predicted molar refractivity (Wildman–Crippen MR) is 203 cm³/mol. The summed E-state index contributed by atoms with van der Waals surface area (Å²) in [6, 6.07) is 0. The maximum absolute atomic E-state index is 11.9. The van der Waals surface area contributed by atoms with Crippen LogP contribution in [0.1, 0.15) is 88.5 Å². The van der Waals surface area contributed by atoms with Gasteiger partial charge in [-0.2, -0.15) is 0 Å². The SMILES string of the molecule is C.C.COC(=O)C1=CC[C@@]12O[C@@H](OC)C1OC(C)(C)O[C@H]12.COC(=O)[C@@H]1CC[C@@]12O[C@@H](OC)C1OC(C)(C)O[C@H]12.COC(=O)[C@H]1CC[C@@]12O[C@@H](OC)C1OC(C)(C)O[C@H]12. The van der Waals surface area contributed by atoms with Crippen molar-refractivity contribution < 1.29 is 85.4 Å². The summed E-state index contributed by atoms with van der Waals surface area (Å²) in [6.45, 7) is 11.1. The van der Waals surface area contributed by atoms with E-state index in [1.54, 1.807) is 27.4 Å². The average molecular weight is 847 g/mol.